The predicted octanol–water partition coefficient (Wildman–Crippen LogP) is 4.58. The van der Waals surface area contributed by atoms with Crippen LogP contribution in [0.15, 0.2) is 66.7 Å². The number of fused-ring (bicyclic) bond motifs is 1. The maximum Gasteiger partial charge on any atom is 0.224 e. The second-order valence-electron chi connectivity index (χ2n) is 5.54. The minimum Gasteiger partial charge on any atom is -0.326 e. The molecule has 3 rings (SSSR count). The molecular formula is C20H16FNO2. The van der Waals surface area contributed by atoms with Crippen LogP contribution in [0.2, 0.25) is 0 Å². The molecule has 3 nitrogen and oxygen atoms in total. The number of rotatable bonds is 5. The Bertz CT molecular complexity index is 905. The van der Waals surface area contributed by atoms with Crippen molar-refractivity contribution in [3.63, 3.8) is 0 Å². The van der Waals surface area contributed by atoms with E-state index in [0.717, 1.165) is 10.8 Å². The highest BCUT2D eigenvalue weighted by molar-refractivity contribution is 6.02. The van der Waals surface area contributed by atoms with Crippen LogP contribution in [0.1, 0.15) is 23.2 Å². The third kappa shape index (κ3) is 3.84. The lowest BCUT2D eigenvalue weighted by molar-refractivity contribution is -0.116. The van der Waals surface area contributed by atoms with Gasteiger partial charge < -0.3 is 5.32 Å². The first-order chi connectivity index (χ1) is 11.6. The quantitative estimate of drug-likeness (QED) is 0.699. The first kappa shape index (κ1) is 15.9. The second-order valence-corrected chi connectivity index (χ2v) is 5.54. The van der Waals surface area contributed by atoms with Crippen LogP contribution in [0.25, 0.3) is 10.8 Å². The van der Waals surface area contributed by atoms with Crippen LogP contribution in [0, 0.1) is 5.82 Å². The highest BCUT2D eigenvalue weighted by Crippen LogP contribution is 2.17. The molecule has 3 aromatic rings. The molecular weight excluding hydrogens is 305 g/mol. The smallest absolute Gasteiger partial charge is 0.224 e. The summed E-state index contributed by atoms with van der Waals surface area (Å²) in [5, 5.41) is 4.65. The average Bonchev–Trinajstić information content (AvgIpc) is 2.59. The van der Waals surface area contributed by atoms with Crippen LogP contribution >= 0.6 is 0 Å². The second kappa shape index (κ2) is 7.04. The van der Waals surface area contributed by atoms with Gasteiger partial charge in [0.2, 0.25) is 5.91 Å². The van der Waals surface area contributed by atoms with Crippen molar-refractivity contribution in [2.45, 2.75) is 12.8 Å². The van der Waals surface area contributed by atoms with Crippen molar-refractivity contribution in [3.05, 3.63) is 78.1 Å². The van der Waals surface area contributed by atoms with Gasteiger partial charge in [-0.3, -0.25) is 9.59 Å². The fourth-order valence-corrected chi connectivity index (χ4v) is 2.52. The van der Waals surface area contributed by atoms with E-state index in [1.807, 2.05) is 36.4 Å². The standard InChI is InChI=1S/C20H16FNO2/c21-17-6-3-7-18(13-17)22-20(24)11-10-19(23)16-9-8-14-4-1-2-5-15(14)12-16/h1-9,12-13H,10-11H2,(H,22,24). The molecule has 0 aliphatic heterocycles. The molecule has 0 unspecified atom stereocenters. The number of halogens is 1. The molecule has 0 radical (unpaired) electrons. The SMILES string of the molecule is O=C(CCC(=O)c1ccc2ccccc2c1)Nc1cccc(F)c1. The number of ketones is 1. The summed E-state index contributed by atoms with van der Waals surface area (Å²) in [6.07, 6.45) is 0.168. The van der Waals surface area contributed by atoms with Crippen molar-refractivity contribution < 1.29 is 14.0 Å². The van der Waals surface area contributed by atoms with Gasteiger partial charge in [-0.1, -0.05) is 42.5 Å². The largest absolute Gasteiger partial charge is 0.326 e. The molecule has 0 spiro atoms. The maximum atomic E-state index is 13.1. The topological polar surface area (TPSA) is 46.2 Å². The van der Waals surface area contributed by atoms with Crippen molar-refractivity contribution >= 4 is 28.2 Å². The number of hydrogen-bond acceptors (Lipinski definition) is 2. The Balaban J connectivity index is 1.60. The molecule has 120 valence electrons. The van der Waals surface area contributed by atoms with Gasteiger partial charge in [0, 0.05) is 24.1 Å². The minimum absolute atomic E-state index is 0.0577. The molecule has 0 saturated carbocycles. The monoisotopic (exact) mass is 321 g/mol. The van der Waals surface area contributed by atoms with Gasteiger partial charge >= 0.3 is 0 Å². The molecule has 0 aliphatic carbocycles. The Morgan fingerprint density at radius 3 is 2.42 bits per heavy atom. The lowest BCUT2D eigenvalue weighted by Gasteiger charge is -2.06. The van der Waals surface area contributed by atoms with Crippen molar-refractivity contribution in [2.24, 2.45) is 0 Å². The summed E-state index contributed by atoms with van der Waals surface area (Å²) >= 11 is 0. The lowest BCUT2D eigenvalue weighted by atomic mass is 10.0. The number of carbonyl (C=O) groups is 2. The first-order valence-electron chi connectivity index (χ1n) is 7.69. The first-order valence-corrected chi connectivity index (χ1v) is 7.69. The Hall–Kier alpha value is -3.01. The van der Waals surface area contributed by atoms with Gasteiger partial charge in [-0.05, 0) is 35.0 Å². The highest BCUT2D eigenvalue weighted by Gasteiger charge is 2.10. The number of benzene rings is 3. The van der Waals surface area contributed by atoms with Crippen molar-refractivity contribution in [1.29, 1.82) is 0 Å². The van der Waals surface area contributed by atoms with E-state index >= 15 is 0 Å². The zero-order valence-corrected chi connectivity index (χ0v) is 13.0. The summed E-state index contributed by atoms with van der Waals surface area (Å²) in [6.45, 7) is 0. The zero-order chi connectivity index (χ0) is 16.9. The predicted molar refractivity (Wildman–Crippen MR) is 92.5 cm³/mol. The van der Waals surface area contributed by atoms with Crippen LogP contribution in [0.5, 0.6) is 0 Å². The normalized spacial score (nSPS) is 10.5. The maximum absolute atomic E-state index is 13.1. The fourth-order valence-electron chi connectivity index (χ4n) is 2.52. The van der Waals surface area contributed by atoms with Gasteiger partial charge in [-0.15, -0.1) is 0 Å². The van der Waals surface area contributed by atoms with E-state index in [2.05, 4.69) is 5.32 Å². The van der Waals surface area contributed by atoms with Gasteiger partial charge in [0.15, 0.2) is 5.78 Å². The number of anilines is 1. The van der Waals surface area contributed by atoms with Crippen molar-refractivity contribution in [2.75, 3.05) is 5.32 Å². The van der Waals surface area contributed by atoms with Crippen molar-refractivity contribution in [1.82, 2.24) is 0 Å². The van der Waals surface area contributed by atoms with E-state index in [1.165, 1.54) is 18.2 Å². The van der Waals surface area contributed by atoms with Gasteiger partial charge in [0.25, 0.3) is 0 Å². The van der Waals surface area contributed by atoms with Gasteiger partial charge in [-0.2, -0.15) is 0 Å². The van der Waals surface area contributed by atoms with Gasteiger partial charge in [0.1, 0.15) is 5.82 Å². The number of amides is 1. The summed E-state index contributed by atoms with van der Waals surface area (Å²) in [5.74, 6) is -0.815. The Morgan fingerprint density at radius 2 is 1.62 bits per heavy atom. The molecule has 0 aliphatic rings. The highest BCUT2D eigenvalue weighted by atomic mass is 19.1. The van der Waals surface area contributed by atoms with Crippen molar-refractivity contribution in [3.8, 4) is 0 Å². The third-order valence-corrected chi connectivity index (χ3v) is 3.76. The Morgan fingerprint density at radius 1 is 0.833 bits per heavy atom. The molecule has 0 fully saturated rings. The molecule has 24 heavy (non-hydrogen) atoms. The molecule has 4 heteroatoms. The van der Waals surface area contributed by atoms with E-state index in [4.69, 9.17) is 0 Å². The number of nitrogens with one attached hydrogen (secondary N) is 1. The van der Waals surface area contributed by atoms with E-state index in [-0.39, 0.29) is 24.5 Å². The molecule has 0 saturated heterocycles. The summed E-state index contributed by atoms with van der Waals surface area (Å²) in [4.78, 5) is 24.1. The number of carbonyl (C=O) groups excluding carboxylic acids is 2. The Labute approximate surface area is 139 Å². The van der Waals surface area contributed by atoms with E-state index < -0.39 is 5.82 Å². The van der Waals surface area contributed by atoms with E-state index in [1.54, 1.807) is 12.1 Å². The molecule has 0 bridgehead atoms. The molecule has 0 heterocycles. The Kier molecular flexibility index (Phi) is 4.66. The molecule has 1 N–H and O–H groups in total. The molecule has 3 aromatic carbocycles. The molecule has 0 atom stereocenters. The fraction of sp³-hybridized carbons (Fsp3) is 0.100. The average molecular weight is 321 g/mol. The summed E-state index contributed by atoms with van der Waals surface area (Å²) in [6, 6.07) is 19.0. The summed E-state index contributed by atoms with van der Waals surface area (Å²) in [7, 11) is 0. The number of Topliss-reactive ketones (excluding diaryl/α,β-unsaturated/α-hetero) is 1. The van der Waals surface area contributed by atoms with Crippen LogP contribution in [0.4, 0.5) is 10.1 Å². The van der Waals surface area contributed by atoms with E-state index in [0.29, 0.717) is 11.3 Å². The van der Waals surface area contributed by atoms with Crippen LogP contribution in [-0.4, -0.2) is 11.7 Å². The lowest BCUT2D eigenvalue weighted by Crippen LogP contribution is -2.13. The summed E-state index contributed by atoms with van der Waals surface area (Å²) < 4.78 is 13.1. The van der Waals surface area contributed by atoms with Gasteiger partial charge in [-0.25, -0.2) is 4.39 Å². The minimum atomic E-state index is -0.417. The molecule has 0 aromatic heterocycles. The molecule has 1 amide bonds. The zero-order valence-electron chi connectivity index (χ0n) is 13.0. The number of hydrogen-bond donors (Lipinski definition) is 1. The van der Waals surface area contributed by atoms with Crippen LogP contribution < -0.4 is 5.32 Å². The van der Waals surface area contributed by atoms with Crippen LogP contribution in [-0.2, 0) is 4.79 Å². The van der Waals surface area contributed by atoms with Crippen LogP contribution in [0.3, 0.4) is 0 Å². The van der Waals surface area contributed by atoms with Gasteiger partial charge in [0.05, 0.1) is 0 Å². The van der Waals surface area contributed by atoms with E-state index in [9.17, 15) is 14.0 Å². The third-order valence-electron chi connectivity index (χ3n) is 3.76. The summed E-state index contributed by atoms with van der Waals surface area (Å²) in [5.41, 5.74) is 0.977.